The Kier molecular flexibility index (Phi) is 4.75. The lowest BCUT2D eigenvalue weighted by molar-refractivity contribution is 0.528. The van der Waals surface area contributed by atoms with Crippen molar-refractivity contribution in [3.63, 3.8) is 0 Å². The number of aromatic nitrogens is 5. The quantitative estimate of drug-likeness (QED) is 0.768. The monoisotopic (exact) mass is 363 g/mol. The highest BCUT2D eigenvalue weighted by atomic mass is 15.3. The predicted molar refractivity (Wildman–Crippen MR) is 107 cm³/mol. The lowest BCUT2D eigenvalue weighted by atomic mass is 10.0. The number of aryl methyl sites for hydroxylation is 2. The fourth-order valence-electron chi connectivity index (χ4n) is 3.49. The normalized spacial score (nSPS) is 17.1. The van der Waals surface area contributed by atoms with Crippen molar-refractivity contribution in [2.24, 2.45) is 7.05 Å². The van der Waals surface area contributed by atoms with Gasteiger partial charge >= 0.3 is 0 Å². The second kappa shape index (κ2) is 7.34. The Balaban J connectivity index is 1.55. The van der Waals surface area contributed by atoms with Gasteiger partial charge < -0.3 is 10.2 Å². The molecule has 0 spiro atoms. The standard InChI is InChI=1S/C20H25N7/c1-14-15(2)23-20(16-6-8-21-9-7-16)25-19(14)24-17-5-4-10-27(12-17)18-11-22-26(3)13-18/h6-9,11,13,17H,4-5,10,12H2,1-3H3,(H,23,24,25). The zero-order valence-corrected chi connectivity index (χ0v) is 16.1. The van der Waals surface area contributed by atoms with Gasteiger partial charge in [-0.1, -0.05) is 0 Å². The third kappa shape index (κ3) is 3.77. The molecule has 1 aliphatic heterocycles. The number of pyridine rings is 1. The molecular weight excluding hydrogens is 338 g/mol. The zero-order valence-electron chi connectivity index (χ0n) is 16.1. The van der Waals surface area contributed by atoms with Crippen molar-refractivity contribution in [2.75, 3.05) is 23.3 Å². The van der Waals surface area contributed by atoms with Gasteiger partial charge in [0, 0.05) is 61.6 Å². The van der Waals surface area contributed by atoms with Crippen molar-refractivity contribution in [1.29, 1.82) is 0 Å². The van der Waals surface area contributed by atoms with Crippen LogP contribution in [0.15, 0.2) is 36.9 Å². The van der Waals surface area contributed by atoms with E-state index in [2.05, 4.69) is 38.4 Å². The summed E-state index contributed by atoms with van der Waals surface area (Å²) in [5.41, 5.74) is 4.26. The molecule has 1 fully saturated rings. The van der Waals surface area contributed by atoms with Crippen LogP contribution in [0, 0.1) is 13.8 Å². The summed E-state index contributed by atoms with van der Waals surface area (Å²) in [5, 5.41) is 7.97. The molecule has 1 N–H and O–H groups in total. The number of nitrogens with zero attached hydrogens (tertiary/aromatic N) is 6. The van der Waals surface area contributed by atoms with Gasteiger partial charge in [0.05, 0.1) is 11.9 Å². The van der Waals surface area contributed by atoms with Crippen LogP contribution in [0.3, 0.4) is 0 Å². The van der Waals surface area contributed by atoms with E-state index in [1.54, 1.807) is 12.4 Å². The third-order valence-corrected chi connectivity index (χ3v) is 5.15. The lowest BCUT2D eigenvalue weighted by Crippen LogP contribution is -2.42. The number of rotatable bonds is 4. The van der Waals surface area contributed by atoms with E-state index < -0.39 is 0 Å². The minimum absolute atomic E-state index is 0.345. The smallest absolute Gasteiger partial charge is 0.161 e. The Morgan fingerprint density at radius 1 is 1.15 bits per heavy atom. The molecule has 1 saturated heterocycles. The molecule has 1 unspecified atom stereocenters. The highest BCUT2D eigenvalue weighted by molar-refractivity contribution is 5.59. The molecule has 7 nitrogen and oxygen atoms in total. The van der Waals surface area contributed by atoms with E-state index in [1.165, 1.54) is 5.69 Å². The molecular formula is C20H25N7. The molecule has 7 heteroatoms. The van der Waals surface area contributed by atoms with Gasteiger partial charge in [-0.2, -0.15) is 5.10 Å². The highest BCUT2D eigenvalue weighted by Crippen LogP contribution is 2.25. The summed E-state index contributed by atoms with van der Waals surface area (Å²) in [6.45, 7) is 6.12. The maximum Gasteiger partial charge on any atom is 0.161 e. The topological polar surface area (TPSA) is 71.8 Å². The fourth-order valence-corrected chi connectivity index (χ4v) is 3.49. The maximum absolute atomic E-state index is 4.81. The molecule has 1 aliphatic rings. The average Bonchev–Trinajstić information content (AvgIpc) is 3.13. The summed E-state index contributed by atoms with van der Waals surface area (Å²) in [6, 6.07) is 4.23. The van der Waals surface area contributed by atoms with Crippen molar-refractivity contribution < 1.29 is 0 Å². The third-order valence-electron chi connectivity index (χ3n) is 5.15. The Bertz CT molecular complexity index is 919. The van der Waals surface area contributed by atoms with E-state index in [4.69, 9.17) is 4.98 Å². The van der Waals surface area contributed by atoms with E-state index in [0.717, 1.165) is 54.4 Å². The molecule has 140 valence electrons. The second-order valence-electron chi connectivity index (χ2n) is 7.14. The summed E-state index contributed by atoms with van der Waals surface area (Å²) in [5.74, 6) is 1.66. The van der Waals surface area contributed by atoms with Gasteiger partial charge in [-0.05, 0) is 38.8 Å². The molecule has 0 saturated carbocycles. The van der Waals surface area contributed by atoms with E-state index in [-0.39, 0.29) is 0 Å². The van der Waals surface area contributed by atoms with Crippen LogP contribution >= 0.6 is 0 Å². The first-order valence-electron chi connectivity index (χ1n) is 9.36. The van der Waals surface area contributed by atoms with Crippen LogP contribution in [0.4, 0.5) is 11.5 Å². The Hall–Kier alpha value is -2.96. The van der Waals surface area contributed by atoms with Crippen molar-refractivity contribution in [3.8, 4) is 11.4 Å². The molecule has 27 heavy (non-hydrogen) atoms. The van der Waals surface area contributed by atoms with Crippen LogP contribution in [0.1, 0.15) is 24.1 Å². The minimum Gasteiger partial charge on any atom is -0.367 e. The van der Waals surface area contributed by atoms with Gasteiger partial charge in [-0.25, -0.2) is 9.97 Å². The van der Waals surface area contributed by atoms with Crippen molar-refractivity contribution in [2.45, 2.75) is 32.7 Å². The van der Waals surface area contributed by atoms with Crippen LogP contribution in [0.5, 0.6) is 0 Å². The van der Waals surface area contributed by atoms with Gasteiger partial charge in [0.25, 0.3) is 0 Å². The first-order chi connectivity index (χ1) is 13.1. The van der Waals surface area contributed by atoms with Gasteiger partial charge in [-0.3, -0.25) is 9.67 Å². The number of piperidine rings is 1. The first kappa shape index (κ1) is 17.5. The van der Waals surface area contributed by atoms with E-state index >= 15 is 0 Å². The van der Waals surface area contributed by atoms with Gasteiger partial charge in [0.15, 0.2) is 5.82 Å². The predicted octanol–water partition coefficient (Wildman–Crippen LogP) is 2.97. The Morgan fingerprint density at radius 3 is 2.70 bits per heavy atom. The summed E-state index contributed by atoms with van der Waals surface area (Å²) < 4.78 is 1.85. The molecule has 0 radical (unpaired) electrons. The molecule has 0 aliphatic carbocycles. The minimum atomic E-state index is 0.345. The first-order valence-corrected chi connectivity index (χ1v) is 9.36. The summed E-state index contributed by atoms with van der Waals surface area (Å²) >= 11 is 0. The largest absolute Gasteiger partial charge is 0.367 e. The zero-order chi connectivity index (χ0) is 18.8. The average molecular weight is 363 g/mol. The van der Waals surface area contributed by atoms with Gasteiger partial charge in [0.2, 0.25) is 0 Å². The van der Waals surface area contributed by atoms with Gasteiger partial charge in [-0.15, -0.1) is 0 Å². The molecule has 0 amide bonds. The lowest BCUT2D eigenvalue weighted by Gasteiger charge is -2.34. The number of hydrogen-bond donors (Lipinski definition) is 1. The SMILES string of the molecule is Cc1nc(-c2ccncc2)nc(NC2CCCN(c3cnn(C)c3)C2)c1C. The van der Waals surface area contributed by atoms with Crippen LogP contribution < -0.4 is 10.2 Å². The number of nitrogens with one attached hydrogen (secondary N) is 1. The summed E-state index contributed by atoms with van der Waals surface area (Å²) in [4.78, 5) is 15.9. The van der Waals surface area contributed by atoms with E-state index in [1.807, 2.05) is 37.0 Å². The highest BCUT2D eigenvalue weighted by Gasteiger charge is 2.22. The molecule has 0 aromatic carbocycles. The summed E-state index contributed by atoms with van der Waals surface area (Å²) in [7, 11) is 1.96. The molecule has 4 rings (SSSR count). The number of anilines is 2. The summed E-state index contributed by atoms with van der Waals surface area (Å²) in [6.07, 6.45) is 9.83. The van der Waals surface area contributed by atoms with E-state index in [9.17, 15) is 0 Å². The van der Waals surface area contributed by atoms with E-state index in [0.29, 0.717) is 6.04 Å². The van der Waals surface area contributed by atoms with Crippen molar-refractivity contribution >= 4 is 11.5 Å². The van der Waals surface area contributed by atoms with Crippen molar-refractivity contribution in [1.82, 2.24) is 24.7 Å². The van der Waals surface area contributed by atoms with Crippen LogP contribution in [0.25, 0.3) is 11.4 Å². The van der Waals surface area contributed by atoms with Crippen LogP contribution in [-0.2, 0) is 7.05 Å². The molecule has 3 aromatic rings. The molecule has 3 aromatic heterocycles. The maximum atomic E-state index is 4.81. The molecule has 4 heterocycles. The number of hydrogen-bond acceptors (Lipinski definition) is 6. The Labute approximate surface area is 159 Å². The van der Waals surface area contributed by atoms with Crippen LogP contribution in [0.2, 0.25) is 0 Å². The Morgan fingerprint density at radius 2 is 1.96 bits per heavy atom. The fraction of sp³-hybridized carbons (Fsp3) is 0.400. The second-order valence-corrected chi connectivity index (χ2v) is 7.14. The van der Waals surface area contributed by atoms with Crippen molar-refractivity contribution in [3.05, 3.63) is 48.2 Å². The molecule has 0 bridgehead atoms. The molecule has 1 atom stereocenters. The van der Waals surface area contributed by atoms with Gasteiger partial charge in [0.1, 0.15) is 5.82 Å². The van der Waals surface area contributed by atoms with Crippen LogP contribution in [-0.4, -0.2) is 43.9 Å².